The van der Waals surface area contributed by atoms with Crippen LogP contribution in [0.15, 0.2) is 97.1 Å². The summed E-state index contributed by atoms with van der Waals surface area (Å²) in [4.78, 5) is 36.1. The lowest BCUT2D eigenvalue weighted by Crippen LogP contribution is -2.11. The summed E-state index contributed by atoms with van der Waals surface area (Å²) in [6, 6.07) is 33.8. The van der Waals surface area contributed by atoms with E-state index < -0.39 is 0 Å². The zero-order valence-corrected chi connectivity index (χ0v) is 53.8. The first-order valence-corrected chi connectivity index (χ1v) is 35.5. The number of fused-ring (bicyclic) bond motifs is 3. The van der Waals surface area contributed by atoms with Gasteiger partial charge in [-0.15, -0.1) is 45.3 Å². The number of carbonyl (C=O) groups is 2. The number of esters is 2. The molecule has 0 radical (unpaired) electrons. The smallest absolute Gasteiger partial charge is 0.340 e. The molecular weight excluding hydrogens is 1120 g/mol. The number of ether oxygens (including phenoxy) is 3. The van der Waals surface area contributed by atoms with Crippen molar-refractivity contribution in [2.75, 3.05) is 19.8 Å². The van der Waals surface area contributed by atoms with E-state index in [1.54, 1.807) is 45.3 Å². The third kappa shape index (κ3) is 16.4. The zero-order valence-electron chi connectivity index (χ0n) is 49.7. The molecule has 0 amide bonds. The molecular formula is C71H86N2O5S5. The van der Waals surface area contributed by atoms with Gasteiger partial charge in [0.15, 0.2) is 0 Å². The van der Waals surface area contributed by atoms with Crippen molar-refractivity contribution in [2.24, 2.45) is 0 Å². The van der Waals surface area contributed by atoms with E-state index in [1.165, 1.54) is 138 Å². The summed E-state index contributed by atoms with van der Waals surface area (Å²) >= 11 is 7.82. The first-order chi connectivity index (χ1) is 40.9. The van der Waals surface area contributed by atoms with E-state index in [1.807, 2.05) is 18.2 Å². The number of thiophene rings is 4. The first kappa shape index (κ1) is 62.3. The molecule has 5 heterocycles. The second-order valence-corrected chi connectivity index (χ2v) is 27.2. The van der Waals surface area contributed by atoms with Gasteiger partial charge in [-0.1, -0.05) is 229 Å². The van der Waals surface area contributed by atoms with E-state index in [0.29, 0.717) is 30.9 Å². The summed E-state index contributed by atoms with van der Waals surface area (Å²) in [5, 5.41) is 1.47. The Bertz CT molecular complexity index is 3350. The van der Waals surface area contributed by atoms with Gasteiger partial charge in [-0.2, -0.15) is 8.75 Å². The van der Waals surface area contributed by atoms with Crippen LogP contribution in [0.4, 0.5) is 0 Å². The second-order valence-electron chi connectivity index (χ2n) is 22.4. The molecule has 12 heteroatoms. The van der Waals surface area contributed by atoms with E-state index in [0.717, 1.165) is 135 Å². The van der Waals surface area contributed by atoms with Crippen LogP contribution in [0.3, 0.4) is 0 Å². The van der Waals surface area contributed by atoms with Crippen LogP contribution < -0.4 is 4.74 Å². The fraction of sp³-hybridized carbons (Fsp3) is 0.465. The van der Waals surface area contributed by atoms with E-state index in [4.69, 9.17) is 23.0 Å². The van der Waals surface area contributed by atoms with Crippen LogP contribution in [0.25, 0.3) is 82.7 Å². The normalized spacial score (nSPS) is 11.7. The largest absolute Gasteiger partial charge is 0.493 e. The maximum absolute atomic E-state index is 14.9. The quantitative estimate of drug-likeness (QED) is 0.0283. The van der Waals surface area contributed by atoms with Gasteiger partial charge < -0.3 is 14.2 Å². The maximum atomic E-state index is 14.9. The average molecular weight is 1210 g/mol. The Morgan fingerprint density at radius 1 is 0.398 bits per heavy atom. The molecule has 0 aliphatic rings. The highest BCUT2D eigenvalue weighted by atomic mass is 32.1. The number of rotatable bonds is 37. The Labute approximate surface area is 514 Å². The summed E-state index contributed by atoms with van der Waals surface area (Å²) in [7, 11) is 0. The van der Waals surface area contributed by atoms with E-state index in [9.17, 15) is 9.59 Å². The highest BCUT2D eigenvalue weighted by molar-refractivity contribution is 7.28. The van der Waals surface area contributed by atoms with Gasteiger partial charge in [0.1, 0.15) is 16.8 Å². The molecule has 0 spiro atoms. The molecule has 83 heavy (non-hydrogen) atoms. The number of benzene rings is 4. The molecule has 0 atom stereocenters. The summed E-state index contributed by atoms with van der Waals surface area (Å²) < 4.78 is 31.1. The molecule has 0 fully saturated rings. The van der Waals surface area contributed by atoms with Crippen molar-refractivity contribution in [3.05, 3.63) is 114 Å². The molecule has 0 unspecified atom stereocenters. The van der Waals surface area contributed by atoms with Gasteiger partial charge in [-0.25, -0.2) is 9.59 Å². The topological polar surface area (TPSA) is 87.6 Å². The molecule has 0 bridgehead atoms. The Morgan fingerprint density at radius 3 is 1.29 bits per heavy atom. The molecule has 0 aliphatic carbocycles. The molecule has 9 rings (SSSR count). The third-order valence-electron chi connectivity index (χ3n) is 16.0. The number of nitrogens with zero attached hydrogens (tertiary/aromatic N) is 2. The Morgan fingerprint density at radius 2 is 0.783 bits per heavy atom. The van der Waals surface area contributed by atoms with Crippen molar-refractivity contribution in [2.45, 2.75) is 195 Å². The van der Waals surface area contributed by atoms with Crippen LogP contribution in [0, 0.1) is 6.92 Å². The van der Waals surface area contributed by atoms with Crippen LogP contribution in [0.5, 0.6) is 5.75 Å². The summed E-state index contributed by atoms with van der Waals surface area (Å²) in [6.07, 6.45) is 31.1. The monoisotopic (exact) mass is 1210 g/mol. The lowest BCUT2D eigenvalue weighted by Gasteiger charge is -2.17. The molecule has 5 aromatic heterocycles. The fourth-order valence-electron chi connectivity index (χ4n) is 11.4. The number of unbranched alkanes of at least 4 members (excludes halogenated alkanes) is 23. The van der Waals surface area contributed by atoms with E-state index in [-0.39, 0.29) is 11.9 Å². The van der Waals surface area contributed by atoms with Gasteiger partial charge in [0.25, 0.3) is 0 Å². The van der Waals surface area contributed by atoms with Crippen LogP contribution in [0.1, 0.15) is 214 Å². The predicted octanol–water partition coefficient (Wildman–Crippen LogP) is 23.8. The molecule has 7 nitrogen and oxygen atoms in total. The maximum Gasteiger partial charge on any atom is 0.340 e. The van der Waals surface area contributed by atoms with Crippen LogP contribution in [0.2, 0.25) is 0 Å². The van der Waals surface area contributed by atoms with Gasteiger partial charge in [-0.05, 0) is 73.7 Å². The van der Waals surface area contributed by atoms with Crippen LogP contribution in [-0.4, -0.2) is 40.5 Å². The fourth-order valence-corrected chi connectivity index (χ4v) is 16.6. The van der Waals surface area contributed by atoms with E-state index >= 15 is 0 Å². The SMILES string of the molecule is CCCCCCCCCCCCOC(=O)c1c2cc(-c3ccc(-c4c(C)c(OCCCCCCCC)c(-c5ccc(-c6ccccc6)s5)c5nsnc45)s3)sc2c(C(=O)OCCCCCCCCCCCC)c2cc(-c3ccccc3)sc12. The average Bonchev–Trinajstić information content (AvgIpc) is 4.47. The first-order valence-electron chi connectivity index (χ1n) is 31.5. The molecule has 0 aliphatic heterocycles. The Hall–Kier alpha value is -5.24. The number of hydrogen-bond donors (Lipinski definition) is 0. The van der Waals surface area contributed by atoms with Crippen molar-refractivity contribution in [3.8, 4) is 57.3 Å². The van der Waals surface area contributed by atoms with Gasteiger partial charge in [0.05, 0.1) is 57.6 Å². The zero-order chi connectivity index (χ0) is 57.6. The van der Waals surface area contributed by atoms with E-state index in [2.05, 4.69) is 107 Å². The van der Waals surface area contributed by atoms with Gasteiger partial charge in [-0.3, -0.25) is 0 Å². The lowest BCUT2D eigenvalue weighted by molar-refractivity contribution is 0.0490. The molecule has 0 saturated heterocycles. The number of aromatic nitrogens is 2. The summed E-state index contributed by atoms with van der Waals surface area (Å²) in [5.41, 5.74) is 8.06. The van der Waals surface area contributed by atoms with Crippen LogP contribution in [-0.2, 0) is 9.47 Å². The minimum absolute atomic E-state index is 0.344. The molecule has 0 saturated carbocycles. The Kier molecular flexibility index (Phi) is 24.7. The minimum Gasteiger partial charge on any atom is -0.493 e. The molecule has 0 N–H and O–H groups in total. The standard InChI is InChI=1S/C71H86N2O5S5/c1-5-8-11-14-17-19-21-23-26-35-46-77-70(74)62-53-48-59(52-39-32-29-33-40-52)81-68(53)63(71(75)78-47-36-27-24-22-20-18-15-12-9-6-2)54-49-60(82-69(54)62)56-42-44-57(80-56)61-50(4)67(76-45-34-25-16-13-10-7-3)64(66-65(61)72-83-73-66)58-43-41-55(79-58)51-37-30-28-31-38-51/h28-33,37-44,48-49H,5-27,34-36,45-47H2,1-4H3. The van der Waals surface area contributed by atoms with Crippen molar-refractivity contribution in [1.29, 1.82) is 0 Å². The number of carbonyl (C=O) groups excluding carboxylic acids is 2. The van der Waals surface area contributed by atoms with Crippen molar-refractivity contribution in [3.63, 3.8) is 0 Å². The van der Waals surface area contributed by atoms with Crippen LogP contribution >= 0.6 is 57.1 Å². The molecule has 440 valence electrons. The second kappa shape index (κ2) is 32.9. The highest BCUT2D eigenvalue weighted by Crippen LogP contribution is 2.52. The van der Waals surface area contributed by atoms with Gasteiger partial charge >= 0.3 is 11.9 Å². The molecule has 9 aromatic rings. The third-order valence-corrected chi connectivity index (χ3v) is 21.4. The molecule has 4 aromatic carbocycles. The summed E-state index contributed by atoms with van der Waals surface area (Å²) in [6.45, 7) is 10.3. The van der Waals surface area contributed by atoms with Crippen molar-refractivity contribution >= 4 is 100 Å². The summed E-state index contributed by atoms with van der Waals surface area (Å²) in [5.74, 6) is 0.176. The minimum atomic E-state index is -0.344. The van der Waals surface area contributed by atoms with Crippen molar-refractivity contribution < 1.29 is 23.8 Å². The lowest BCUT2D eigenvalue weighted by atomic mass is 9.98. The number of hydrogen-bond acceptors (Lipinski definition) is 12. The Balaban J connectivity index is 1.05. The van der Waals surface area contributed by atoms with Crippen molar-refractivity contribution in [1.82, 2.24) is 8.75 Å². The predicted molar refractivity (Wildman–Crippen MR) is 359 cm³/mol. The van der Waals surface area contributed by atoms with Gasteiger partial charge in [0, 0.05) is 51.2 Å². The highest BCUT2D eigenvalue weighted by Gasteiger charge is 2.30. The van der Waals surface area contributed by atoms with Gasteiger partial charge in [0.2, 0.25) is 0 Å².